The lowest BCUT2D eigenvalue weighted by molar-refractivity contribution is 0.102. The lowest BCUT2D eigenvalue weighted by atomic mass is 10.1. The van der Waals surface area contributed by atoms with Crippen LogP contribution in [0.15, 0.2) is 48.5 Å². The maximum absolute atomic E-state index is 12.0. The highest BCUT2D eigenvalue weighted by atomic mass is 79.9. The van der Waals surface area contributed by atoms with Gasteiger partial charge in [-0.2, -0.15) is 0 Å². The normalized spacial score (nSPS) is 10.1. The number of nitrogens with one attached hydrogen (secondary N) is 1. The summed E-state index contributed by atoms with van der Waals surface area (Å²) in [5.41, 5.74) is 2.21. The molecular formula is C14H12BrNO2. The van der Waals surface area contributed by atoms with E-state index in [1.807, 2.05) is 18.2 Å². The van der Waals surface area contributed by atoms with Crippen LogP contribution in [0, 0.1) is 0 Å². The van der Waals surface area contributed by atoms with Gasteiger partial charge in [-0.1, -0.05) is 34.1 Å². The van der Waals surface area contributed by atoms with Gasteiger partial charge in [0.05, 0.1) is 0 Å². The molecule has 0 saturated carbocycles. The van der Waals surface area contributed by atoms with E-state index < -0.39 is 0 Å². The molecule has 0 aliphatic carbocycles. The predicted molar refractivity (Wildman–Crippen MR) is 75.1 cm³/mol. The van der Waals surface area contributed by atoms with Gasteiger partial charge >= 0.3 is 0 Å². The van der Waals surface area contributed by atoms with Crippen LogP contribution in [0.25, 0.3) is 0 Å². The van der Waals surface area contributed by atoms with E-state index in [0.29, 0.717) is 16.6 Å². The molecule has 2 aromatic rings. The summed E-state index contributed by atoms with van der Waals surface area (Å²) in [5.74, 6) is -0.0644. The van der Waals surface area contributed by atoms with Crippen molar-refractivity contribution in [2.75, 3.05) is 5.32 Å². The summed E-state index contributed by atoms with van der Waals surface area (Å²) in [6, 6.07) is 13.8. The van der Waals surface area contributed by atoms with Crippen molar-refractivity contribution in [2.24, 2.45) is 0 Å². The number of benzene rings is 2. The number of hydrogen-bond acceptors (Lipinski definition) is 2. The molecule has 2 aromatic carbocycles. The first-order chi connectivity index (χ1) is 8.69. The van der Waals surface area contributed by atoms with Crippen molar-refractivity contribution in [2.45, 2.75) is 5.33 Å². The van der Waals surface area contributed by atoms with Crippen LogP contribution in [0.1, 0.15) is 15.9 Å². The van der Waals surface area contributed by atoms with E-state index in [2.05, 4.69) is 21.2 Å². The molecule has 2 N–H and O–H groups in total. The number of carbonyl (C=O) groups excluding carboxylic acids is 1. The summed E-state index contributed by atoms with van der Waals surface area (Å²) in [6.45, 7) is 0. The Kier molecular flexibility index (Phi) is 3.99. The fourth-order valence-electron chi connectivity index (χ4n) is 1.58. The Labute approximate surface area is 114 Å². The van der Waals surface area contributed by atoms with Crippen LogP contribution >= 0.6 is 15.9 Å². The molecule has 0 spiro atoms. The van der Waals surface area contributed by atoms with Crippen LogP contribution in [-0.2, 0) is 5.33 Å². The molecule has 92 valence electrons. The lowest BCUT2D eigenvalue weighted by Gasteiger charge is -2.06. The Morgan fingerprint density at radius 1 is 1.17 bits per heavy atom. The molecule has 0 saturated heterocycles. The number of anilines is 1. The van der Waals surface area contributed by atoms with Gasteiger partial charge in [0, 0.05) is 22.6 Å². The first-order valence-electron chi connectivity index (χ1n) is 5.44. The van der Waals surface area contributed by atoms with E-state index >= 15 is 0 Å². The van der Waals surface area contributed by atoms with Crippen molar-refractivity contribution < 1.29 is 9.90 Å². The highest BCUT2D eigenvalue weighted by Crippen LogP contribution is 2.17. The third-order valence-electron chi connectivity index (χ3n) is 2.45. The number of hydrogen-bond donors (Lipinski definition) is 2. The van der Waals surface area contributed by atoms with Crippen LogP contribution in [-0.4, -0.2) is 11.0 Å². The van der Waals surface area contributed by atoms with Gasteiger partial charge in [-0.25, -0.2) is 0 Å². The molecule has 0 bridgehead atoms. The molecule has 2 rings (SSSR count). The molecule has 18 heavy (non-hydrogen) atoms. The van der Waals surface area contributed by atoms with Crippen LogP contribution in [0.5, 0.6) is 5.75 Å². The third-order valence-corrected chi connectivity index (χ3v) is 3.09. The van der Waals surface area contributed by atoms with Gasteiger partial charge in [0.2, 0.25) is 0 Å². The zero-order valence-corrected chi connectivity index (χ0v) is 11.1. The minimum absolute atomic E-state index is 0.127. The molecule has 3 nitrogen and oxygen atoms in total. The molecule has 0 aliphatic heterocycles. The van der Waals surface area contributed by atoms with Crippen LogP contribution < -0.4 is 5.32 Å². The van der Waals surface area contributed by atoms with Crippen molar-refractivity contribution >= 4 is 27.5 Å². The zero-order chi connectivity index (χ0) is 13.0. The Morgan fingerprint density at radius 2 is 1.94 bits per heavy atom. The quantitative estimate of drug-likeness (QED) is 0.852. The van der Waals surface area contributed by atoms with Crippen LogP contribution in [0.2, 0.25) is 0 Å². The lowest BCUT2D eigenvalue weighted by Crippen LogP contribution is -2.11. The van der Waals surface area contributed by atoms with Gasteiger partial charge in [-0.15, -0.1) is 0 Å². The van der Waals surface area contributed by atoms with E-state index in [0.717, 1.165) is 5.56 Å². The summed E-state index contributed by atoms with van der Waals surface area (Å²) >= 11 is 3.35. The van der Waals surface area contributed by atoms with E-state index in [4.69, 9.17) is 0 Å². The van der Waals surface area contributed by atoms with E-state index in [9.17, 15) is 9.90 Å². The Bertz CT molecular complexity index is 569. The number of alkyl halides is 1. The average molecular weight is 306 g/mol. The highest BCUT2D eigenvalue weighted by molar-refractivity contribution is 9.08. The van der Waals surface area contributed by atoms with Crippen molar-refractivity contribution in [1.29, 1.82) is 0 Å². The number of phenolic OH excluding ortho intramolecular Hbond substituents is 1. The predicted octanol–water partition coefficient (Wildman–Crippen LogP) is 3.54. The van der Waals surface area contributed by atoms with Crippen molar-refractivity contribution in [3.63, 3.8) is 0 Å². The molecule has 0 unspecified atom stereocenters. The molecular weight excluding hydrogens is 294 g/mol. The van der Waals surface area contributed by atoms with Gasteiger partial charge in [-0.3, -0.25) is 4.79 Å². The van der Waals surface area contributed by atoms with Crippen molar-refractivity contribution in [1.82, 2.24) is 0 Å². The van der Waals surface area contributed by atoms with Crippen LogP contribution in [0.3, 0.4) is 0 Å². The van der Waals surface area contributed by atoms with Gasteiger partial charge in [0.1, 0.15) is 5.75 Å². The number of rotatable bonds is 3. The molecule has 0 fully saturated rings. The number of aromatic hydroxyl groups is 1. The Balaban J connectivity index is 2.16. The van der Waals surface area contributed by atoms with Crippen molar-refractivity contribution in [3.8, 4) is 5.75 Å². The number of carbonyl (C=O) groups is 1. The second-order valence-electron chi connectivity index (χ2n) is 3.84. The second kappa shape index (κ2) is 5.69. The van der Waals surface area contributed by atoms with E-state index in [1.54, 1.807) is 24.3 Å². The fourth-order valence-corrected chi connectivity index (χ4v) is 1.93. The number of amides is 1. The first-order valence-corrected chi connectivity index (χ1v) is 6.56. The van der Waals surface area contributed by atoms with Gasteiger partial charge in [-0.05, 0) is 29.8 Å². The summed E-state index contributed by atoms with van der Waals surface area (Å²) < 4.78 is 0. The van der Waals surface area contributed by atoms with Crippen LogP contribution in [0.4, 0.5) is 5.69 Å². The Hall–Kier alpha value is -1.81. The zero-order valence-electron chi connectivity index (χ0n) is 9.56. The molecule has 1 amide bonds. The summed E-state index contributed by atoms with van der Waals surface area (Å²) in [6.07, 6.45) is 0. The molecule has 0 radical (unpaired) electrons. The molecule has 4 heteroatoms. The number of halogens is 1. The summed E-state index contributed by atoms with van der Waals surface area (Å²) in [4.78, 5) is 12.0. The first kappa shape index (κ1) is 12.6. The molecule has 0 atom stereocenters. The monoisotopic (exact) mass is 305 g/mol. The average Bonchev–Trinajstić information content (AvgIpc) is 2.39. The topological polar surface area (TPSA) is 49.3 Å². The van der Waals surface area contributed by atoms with Gasteiger partial charge in [0.15, 0.2) is 0 Å². The largest absolute Gasteiger partial charge is 0.508 e. The highest BCUT2D eigenvalue weighted by Gasteiger charge is 2.06. The molecule has 0 heterocycles. The molecule has 0 aliphatic rings. The SMILES string of the molecule is O=C(Nc1cccc(O)c1)c1cccc(CBr)c1. The summed E-state index contributed by atoms with van der Waals surface area (Å²) in [5, 5.41) is 12.8. The maximum Gasteiger partial charge on any atom is 0.255 e. The second-order valence-corrected chi connectivity index (χ2v) is 4.40. The summed E-state index contributed by atoms with van der Waals surface area (Å²) in [7, 11) is 0. The third kappa shape index (κ3) is 3.11. The van der Waals surface area contributed by atoms with E-state index in [-0.39, 0.29) is 11.7 Å². The standard InChI is InChI=1S/C14H12BrNO2/c15-9-10-3-1-4-11(7-10)14(18)16-12-5-2-6-13(17)8-12/h1-8,17H,9H2,(H,16,18). The van der Waals surface area contributed by atoms with Gasteiger partial charge < -0.3 is 10.4 Å². The fraction of sp³-hybridized carbons (Fsp3) is 0.0714. The van der Waals surface area contributed by atoms with E-state index in [1.165, 1.54) is 6.07 Å². The number of phenols is 1. The van der Waals surface area contributed by atoms with Gasteiger partial charge in [0.25, 0.3) is 5.91 Å². The maximum atomic E-state index is 12.0. The smallest absolute Gasteiger partial charge is 0.255 e. The molecule has 0 aromatic heterocycles. The minimum Gasteiger partial charge on any atom is -0.508 e. The van der Waals surface area contributed by atoms with Crippen molar-refractivity contribution in [3.05, 3.63) is 59.7 Å². The Morgan fingerprint density at radius 3 is 2.67 bits per heavy atom. The minimum atomic E-state index is -0.191.